The zero-order chi connectivity index (χ0) is 15.1. The second-order valence-corrected chi connectivity index (χ2v) is 4.55. The number of hydrogen-bond donors (Lipinski definition) is 3. The van der Waals surface area contributed by atoms with E-state index < -0.39 is 0 Å². The van der Waals surface area contributed by atoms with Gasteiger partial charge in [-0.05, 0) is 26.1 Å². The Labute approximate surface area is 122 Å². The highest BCUT2D eigenvalue weighted by Gasteiger charge is 2.06. The molecule has 0 saturated heterocycles. The zero-order valence-corrected chi connectivity index (χ0v) is 12.5. The van der Waals surface area contributed by atoms with Gasteiger partial charge in [0.2, 0.25) is 0 Å². The van der Waals surface area contributed by atoms with Gasteiger partial charge in [-0.3, -0.25) is 14.4 Å². The van der Waals surface area contributed by atoms with E-state index in [1.807, 2.05) is 6.92 Å². The largest absolute Gasteiger partial charge is 0.394 e. The molecular weight excluding hydrogens is 280 g/mol. The fourth-order valence-electron chi connectivity index (χ4n) is 1.70. The van der Waals surface area contributed by atoms with Crippen LogP contribution in [0.15, 0.2) is 9.90 Å². The van der Waals surface area contributed by atoms with E-state index in [2.05, 4.69) is 10.1 Å². The van der Waals surface area contributed by atoms with E-state index in [9.17, 15) is 4.79 Å². The van der Waals surface area contributed by atoms with Gasteiger partial charge in [0.25, 0.3) is 5.56 Å². The maximum absolute atomic E-state index is 12.1. The predicted octanol–water partition coefficient (Wildman–Crippen LogP) is -0.145. The maximum atomic E-state index is 12.1. The summed E-state index contributed by atoms with van der Waals surface area (Å²) in [4.78, 5) is 15.0. The molecule has 1 aromatic rings. The third-order valence-electron chi connectivity index (χ3n) is 2.84. The molecule has 0 spiro atoms. The van der Waals surface area contributed by atoms with Crippen molar-refractivity contribution < 1.29 is 10.2 Å². The first-order valence-corrected chi connectivity index (χ1v) is 6.80. The molecule has 0 amide bonds. The average molecular weight is 300 g/mol. The van der Waals surface area contributed by atoms with Crippen molar-refractivity contribution in [3.05, 3.63) is 26.4 Å². The highest BCUT2D eigenvalue weighted by atomic mass is 32.1. The number of H-pyrrole nitrogens is 1. The first-order valence-electron chi connectivity index (χ1n) is 6.39. The minimum atomic E-state index is -0.145. The Morgan fingerprint density at radius 3 is 2.50 bits per heavy atom. The van der Waals surface area contributed by atoms with Gasteiger partial charge >= 0.3 is 0 Å². The summed E-state index contributed by atoms with van der Waals surface area (Å²) in [6, 6.07) is 0. The van der Waals surface area contributed by atoms with Crippen LogP contribution >= 0.6 is 12.2 Å². The first-order chi connectivity index (χ1) is 9.54. The molecule has 0 aliphatic carbocycles. The molecule has 1 aromatic heterocycles. The molecule has 0 bridgehead atoms. The second-order valence-electron chi connectivity index (χ2n) is 4.16. The summed E-state index contributed by atoms with van der Waals surface area (Å²) in [5.41, 5.74) is 0.913. The highest BCUT2D eigenvalue weighted by Crippen LogP contribution is 1.98. The molecule has 7 nitrogen and oxygen atoms in total. The van der Waals surface area contributed by atoms with Crippen LogP contribution in [-0.4, -0.2) is 57.3 Å². The highest BCUT2D eigenvalue weighted by molar-refractivity contribution is 7.71. The van der Waals surface area contributed by atoms with Crippen molar-refractivity contribution >= 4 is 18.4 Å². The Balaban J connectivity index is 3.09. The number of aliphatic hydroxyl groups excluding tert-OH is 2. The number of rotatable bonds is 7. The van der Waals surface area contributed by atoms with Crippen LogP contribution in [0.25, 0.3) is 0 Å². The molecule has 3 N–H and O–H groups in total. The number of aromatic nitrogens is 2. The maximum Gasteiger partial charge on any atom is 0.257 e. The summed E-state index contributed by atoms with van der Waals surface area (Å²) < 4.78 is 1.82. The molecule has 1 heterocycles. The minimum absolute atomic E-state index is 0.0657. The third-order valence-corrected chi connectivity index (χ3v) is 3.16. The van der Waals surface area contributed by atoms with Gasteiger partial charge in [-0.2, -0.15) is 5.10 Å². The van der Waals surface area contributed by atoms with Crippen molar-refractivity contribution in [2.75, 3.05) is 26.3 Å². The Hall–Kier alpha value is -1.51. The smallest absolute Gasteiger partial charge is 0.257 e. The van der Waals surface area contributed by atoms with E-state index in [1.165, 1.54) is 15.8 Å². The first kappa shape index (κ1) is 16.5. The number of aromatic amines is 1. The van der Waals surface area contributed by atoms with Crippen molar-refractivity contribution in [1.82, 2.24) is 14.6 Å². The molecule has 0 radical (unpaired) electrons. The molecule has 0 saturated carbocycles. The van der Waals surface area contributed by atoms with Gasteiger partial charge in [0.15, 0.2) is 4.77 Å². The van der Waals surface area contributed by atoms with Crippen LogP contribution in [-0.2, 0) is 6.54 Å². The quantitative estimate of drug-likeness (QED) is 0.370. The van der Waals surface area contributed by atoms with Crippen LogP contribution < -0.4 is 5.56 Å². The summed E-state index contributed by atoms with van der Waals surface area (Å²) in [5, 5.41) is 23.4. The SMILES string of the molecule is CCn1c(=S)[nH]c(/C=N/N(CCO)CCO)c(C)c1=O. The molecule has 8 heteroatoms. The molecule has 0 unspecified atom stereocenters. The van der Waals surface area contributed by atoms with E-state index >= 15 is 0 Å². The topological polar surface area (TPSA) is 93.8 Å². The van der Waals surface area contributed by atoms with Crippen molar-refractivity contribution in [2.24, 2.45) is 5.10 Å². The van der Waals surface area contributed by atoms with Gasteiger partial charge in [0, 0.05) is 12.1 Å². The fraction of sp³-hybridized carbons (Fsp3) is 0.583. The number of hydrogen-bond acceptors (Lipinski definition) is 6. The number of nitrogens with one attached hydrogen (secondary N) is 1. The van der Waals surface area contributed by atoms with Gasteiger partial charge in [-0.1, -0.05) is 0 Å². The Morgan fingerprint density at radius 1 is 1.40 bits per heavy atom. The molecule has 0 aliphatic heterocycles. The van der Waals surface area contributed by atoms with E-state index in [0.29, 0.717) is 35.7 Å². The summed E-state index contributed by atoms with van der Waals surface area (Å²) in [6.45, 7) is 4.54. The summed E-state index contributed by atoms with van der Waals surface area (Å²) in [6.07, 6.45) is 1.48. The van der Waals surface area contributed by atoms with Crippen LogP contribution in [0.5, 0.6) is 0 Å². The lowest BCUT2D eigenvalue weighted by atomic mass is 10.2. The molecule has 0 aliphatic rings. The third kappa shape index (κ3) is 3.99. The second kappa shape index (κ2) is 7.93. The number of nitrogens with zero attached hydrogens (tertiary/aromatic N) is 3. The Kier molecular flexibility index (Phi) is 6.56. The summed E-state index contributed by atoms with van der Waals surface area (Å²) in [5.74, 6) is 0. The fourth-order valence-corrected chi connectivity index (χ4v) is 2.02. The minimum Gasteiger partial charge on any atom is -0.394 e. The van der Waals surface area contributed by atoms with Gasteiger partial charge < -0.3 is 15.2 Å². The van der Waals surface area contributed by atoms with E-state index in [1.54, 1.807) is 6.92 Å². The summed E-state index contributed by atoms with van der Waals surface area (Å²) in [7, 11) is 0. The van der Waals surface area contributed by atoms with Crippen LogP contribution in [0.3, 0.4) is 0 Å². The number of aliphatic hydroxyl groups is 2. The monoisotopic (exact) mass is 300 g/mol. The molecular formula is C12H20N4O3S. The van der Waals surface area contributed by atoms with Crippen molar-refractivity contribution in [2.45, 2.75) is 20.4 Å². The lowest BCUT2D eigenvalue weighted by Gasteiger charge is -2.16. The molecule has 1 rings (SSSR count). The molecule has 0 aromatic carbocycles. The Bertz CT molecular complexity index is 573. The molecule has 0 atom stereocenters. The van der Waals surface area contributed by atoms with Gasteiger partial charge in [-0.25, -0.2) is 0 Å². The van der Waals surface area contributed by atoms with Crippen LogP contribution in [0.4, 0.5) is 0 Å². The Morgan fingerprint density at radius 2 is 2.00 bits per heavy atom. The summed E-state index contributed by atoms with van der Waals surface area (Å²) >= 11 is 5.12. The lowest BCUT2D eigenvalue weighted by molar-refractivity contribution is 0.166. The van der Waals surface area contributed by atoms with Crippen molar-refractivity contribution in [1.29, 1.82) is 0 Å². The molecule has 112 valence electrons. The predicted molar refractivity (Wildman–Crippen MR) is 79.6 cm³/mol. The van der Waals surface area contributed by atoms with Crippen LogP contribution in [0, 0.1) is 11.7 Å². The van der Waals surface area contributed by atoms with E-state index in [-0.39, 0.29) is 18.8 Å². The van der Waals surface area contributed by atoms with Crippen molar-refractivity contribution in [3.8, 4) is 0 Å². The van der Waals surface area contributed by atoms with Crippen LogP contribution in [0.2, 0.25) is 0 Å². The normalized spacial score (nSPS) is 11.2. The average Bonchev–Trinajstić information content (AvgIpc) is 2.42. The van der Waals surface area contributed by atoms with E-state index in [0.717, 1.165) is 0 Å². The zero-order valence-electron chi connectivity index (χ0n) is 11.7. The lowest BCUT2D eigenvalue weighted by Crippen LogP contribution is -2.27. The standard InChI is InChI=1S/C12H20N4O3S/c1-3-16-11(19)9(2)10(14-12(16)20)8-13-15(4-6-17)5-7-18/h8,17-18H,3-7H2,1-2H3,(H,14,20)/b13-8+. The van der Waals surface area contributed by atoms with Gasteiger partial charge in [0.05, 0.1) is 38.2 Å². The number of hydrazone groups is 1. The van der Waals surface area contributed by atoms with Gasteiger partial charge in [0.1, 0.15) is 0 Å². The van der Waals surface area contributed by atoms with Crippen molar-refractivity contribution in [3.63, 3.8) is 0 Å². The van der Waals surface area contributed by atoms with Crippen LogP contribution in [0.1, 0.15) is 18.2 Å². The molecule has 20 heavy (non-hydrogen) atoms. The van der Waals surface area contributed by atoms with E-state index in [4.69, 9.17) is 22.4 Å². The molecule has 0 fully saturated rings. The van der Waals surface area contributed by atoms with Gasteiger partial charge in [-0.15, -0.1) is 0 Å².